The molecule has 1 N–H and O–H groups in total. The summed E-state index contributed by atoms with van der Waals surface area (Å²) < 4.78 is 26.2. The number of aliphatic hydroxyl groups excluding tert-OH is 1. The molecule has 154 valence electrons. The molecule has 0 saturated carbocycles. The van der Waals surface area contributed by atoms with Crippen LogP contribution in [0.4, 0.5) is 10.8 Å². The Hall–Kier alpha value is -3.11. The number of azo groups is 1. The van der Waals surface area contributed by atoms with Crippen molar-refractivity contribution in [2.45, 2.75) is 24.7 Å². The summed E-state index contributed by atoms with van der Waals surface area (Å²) in [6.07, 6.45) is 1.31. The van der Waals surface area contributed by atoms with Gasteiger partial charge in [0.2, 0.25) is 20.7 Å². The van der Waals surface area contributed by atoms with Crippen LogP contribution in [0.5, 0.6) is 0 Å². The molecule has 4 rings (SSSR count). The largest absolute Gasteiger partial charge is 0.492 e. The molecule has 0 unspecified atom stereocenters. The van der Waals surface area contributed by atoms with E-state index in [1.807, 2.05) is 37.3 Å². The first-order valence-electron chi connectivity index (χ1n) is 9.33. The maximum absolute atomic E-state index is 13.1. The Morgan fingerprint density at radius 1 is 1.03 bits per heavy atom. The second-order valence-corrected chi connectivity index (χ2v) is 9.39. The van der Waals surface area contributed by atoms with Crippen LogP contribution in [0, 0.1) is 0 Å². The van der Waals surface area contributed by atoms with E-state index in [2.05, 4.69) is 20.4 Å². The molecule has 1 aliphatic rings. The van der Waals surface area contributed by atoms with E-state index < -0.39 is 20.7 Å². The van der Waals surface area contributed by atoms with Gasteiger partial charge in [-0.3, -0.25) is 0 Å². The Bertz CT molecular complexity index is 1220. The summed E-state index contributed by atoms with van der Waals surface area (Å²) in [6.45, 7) is 2.31. The lowest BCUT2D eigenvalue weighted by Gasteiger charge is -2.30. The van der Waals surface area contributed by atoms with Gasteiger partial charge in [0.1, 0.15) is 5.01 Å². The van der Waals surface area contributed by atoms with E-state index in [1.54, 1.807) is 23.1 Å². The van der Waals surface area contributed by atoms with Gasteiger partial charge >= 0.3 is 0 Å². The Morgan fingerprint density at radius 2 is 1.77 bits per heavy atom. The molecule has 0 atom stereocenters. The summed E-state index contributed by atoms with van der Waals surface area (Å²) in [5, 5.41) is 27.0. The molecule has 30 heavy (non-hydrogen) atoms. The highest BCUT2D eigenvalue weighted by Crippen LogP contribution is 2.39. The first-order valence-corrected chi connectivity index (χ1v) is 11.6. The number of aliphatic hydroxyl groups is 1. The Labute approximate surface area is 178 Å². The van der Waals surface area contributed by atoms with Gasteiger partial charge in [0, 0.05) is 6.54 Å². The third-order valence-electron chi connectivity index (χ3n) is 4.60. The third-order valence-corrected chi connectivity index (χ3v) is 7.25. The molecule has 0 aliphatic carbocycles. The highest BCUT2D eigenvalue weighted by Gasteiger charge is 2.37. The number of nitrogens with zero attached hydrogens (tertiary/aromatic N) is 5. The van der Waals surface area contributed by atoms with Gasteiger partial charge in [-0.15, -0.1) is 20.4 Å². The highest BCUT2D eigenvalue weighted by molar-refractivity contribution is 7.95. The lowest BCUT2D eigenvalue weighted by Crippen LogP contribution is -2.32. The molecule has 0 amide bonds. The van der Waals surface area contributed by atoms with Crippen LogP contribution >= 0.6 is 11.3 Å². The van der Waals surface area contributed by atoms with E-state index in [9.17, 15) is 13.5 Å². The number of benzene rings is 2. The minimum absolute atomic E-state index is 0.0799. The molecule has 0 fully saturated rings. The van der Waals surface area contributed by atoms with Crippen LogP contribution in [0.1, 0.15) is 17.5 Å². The van der Waals surface area contributed by atoms with Gasteiger partial charge in [-0.2, -0.15) is 0 Å². The van der Waals surface area contributed by atoms with Crippen molar-refractivity contribution in [2.75, 3.05) is 11.4 Å². The minimum Gasteiger partial charge on any atom is -0.492 e. The van der Waals surface area contributed by atoms with Crippen molar-refractivity contribution in [1.29, 1.82) is 0 Å². The molecule has 1 aromatic heterocycles. The fourth-order valence-corrected chi connectivity index (χ4v) is 5.11. The molecule has 3 aromatic rings. The second kappa shape index (κ2) is 8.33. The predicted octanol–water partition coefficient (Wildman–Crippen LogP) is 4.41. The number of aromatic nitrogens is 2. The lowest BCUT2D eigenvalue weighted by atomic mass is 10.1. The third kappa shape index (κ3) is 3.83. The molecule has 0 spiro atoms. The fraction of sp³-hybridized carbons (Fsp3) is 0.200. The molecule has 8 nitrogen and oxygen atoms in total. The molecule has 0 radical (unpaired) electrons. The van der Waals surface area contributed by atoms with E-state index in [4.69, 9.17) is 0 Å². The van der Waals surface area contributed by atoms with E-state index in [0.717, 1.165) is 10.6 Å². The van der Waals surface area contributed by atoms with Gasteiger partial charge in [-0.05, 0) is 30.5 Å². The Balaban J connectivity index is 1.72. The quantitative estimate of drug-likeness (QED) is 0.568. The summed E-state index contributed by atoms with van der Waals surface area (Å²) >= 11 is 1.22. The van der Waals surface area contributed by atoms with Crippen LogP contribution in [0.25, 0.3) is 0 Å². The van der Waals surface area contributed by atoms with Crippen molar-refractivity contribution in [3.63, 3.8) is 0 Å². The van der Waals surface area contributed by atoms with Gasteiger partial charge in [0.25, 0.3) is 5.13 Å². The smallest absolute Gasteiger partial charge is 0.251 e. The monoisotopic (exact) mass is 441 g/mol. The minimum atomic E-state index is -4.03. The summed E-state index contributed by atoms with van der Waals surface area (Å²) in [5.74, 6) is -0.450. The maximum Gasteiger partial charge on any atom is 0.251 e. The van der Waals surface area contributed by atoms with Crippen molar-refractivity contribution < 1.29 is 13.5 Å². The fourth-order valence-electron chi connectivity index (χ4n) is 3.09. The molecular formula is C20H19N5O3S2. The lowest BCUT2D eigenvalue weighted by molar-refractivity contribution is 0.382. The van der Waals surface area contributed by atoms with E-state index in [1.165, 1.54) is 17.4 Å². The van der Waals surface area contributed by atoms with Crippen molar-refractivity contribution >= 4 is 32.0 Å². The van der Waals surface area contributed by atoms with Gasteiger partial charge < -0.3 is 10.0 Å². The average Bonchev–Trinajstić information content (AvgIpc) is 3.22. The van der Waals surface area contributed by atoms with Crippen LogP contribution in [0.15, 0.2) is 80.6 Å². The predicted molar refractivity (Wildman–Crippen MR) is 115 cm³/mol. The average molecular weight is 442 g/mol. The molecule has 2 aromatic carbocycles. The summed E-state index contributed by atoms with van der Waals surface area (Å²) in [5.41, 5.74) is 1.48. The zero-order valence-corrected chi connectivity index (χ0v) is 17.8. The van der Waals surface area contributed by atoms with Crippen LogP contribution in [-0.4, -0.2) is 30.3 Å². The molecule has 0 saturated heterocycles. The Morgan fingerprint density at radius 3 is 2.50 bits per heavy atom. The Kier molecular flexibility index (Phi) is 5.60. The number of hydrogen-bond donors (Lipinski definition) is 1. The molecule has 0 bridgehead atoms. The summed E-state index contributed by atoms with van der Waals surface area (Å²) in [7, 11) is -4.03. The first kappa shape index (κ1) is 20.2. The molecule has 2 heterocycles. The second-order valence-electron chi connectivity index (χ2n) is 6.52. The first-order chi connectivity index (χ1) is 14.5. The molecule has 10 heteroatoms. The number of rotatable bonds is 6. The summed E-state index contributed by atoms with van der Waals surface area (Å²) in [4.78, 5) is 1.63. The molecular weight excluding hydrogens is 422 g/mol. The van der Waals surface area contributed by atoms with Crippen LogP contribution in [0.2, 0.25) is 0 Å². The van der Waals surface area contributed by atoms with Crippen LogP contribution < -0.4 is 4.90 Å². The van der Waals surface area contributed by atoms with Crippen LogP contribution in [-0.2, 0) is 22.7 Å². The van der Waals surface area contributed by atoms with Gasteiger partial charge in [0.05, 0.1) is 10.6 Å². The van der Waals surface area contributed by atoms with Crippen molar-refractivity contribution in [3.8, 4) is 0 Å². The number of aryl methyl sites for hydroxylation is 1. The number of sulfone groups is 1. The number of para-hydroxylation sites is 1. The van der Waals surface area contributed by atoms with E-state index in [0.29, 0.717) is 25.1 Å². The van der Waals surface area contributed by atoms with E-state index >= 15 is 0 Å². The van der Waals surface area contributed by atoms with Crippen molar-refractivity contribution in [1.82, 2.24) is 10.2 Å². The topological polar surface area (TPSA) is 108 Å². The normalized spacial score (nSPS) is 15.6. The number of hydrogen-bond acceptors (Lipinski definition) is 9. The van der Waals surface area contributed by atoms with Gasteiger partial charge in [-0.25, -0.2) is 8.42 Å². The standard InChI is InChI=1S/C20H19N5O3S2/c1-2-17-21-23-20(29-17)24-22-18-19(26)25(13-12-14-8-4-3-5-9-14)15-10-6-7-11-16(15)30(18,27)28/h3-11,26H,2,12-13H2,1H3. The highest BCUT2D eigenvalue weighted by atomic mass is 32.2. The van der Waals surface area contributed by atoms with Crippen molar-refractivity contribution in [2.24, 2.45) is 10.2 Å². The maximum atomic E-state index is 13.1. The zero-order valence-electron chi connectivity index (χ0n) is 16.1. The number of anilines is 1. The number of fused-ring (bicyclic) bond motifs is 1. The summed E-state index contributed by atoms with van der Waals surface area (Å²) in [6, 6.07) is 16.3. The SMILES string of the molecule is CCc1nnc(N=NC2=C(O)N(CCc3ccccc3)c3ccccc3S2(=O)=O)s1. The van der Waals surface area contributed by atoms with Crippen molar-refractivity contribution in [3.05, 3.63) is 76.1 Å². The van der Waals surface area contributed by atoms with Gasteiger partial charge in [-0.1, -0.05) is 60.7 Å². The van der Waals surface area contributed by atoms with Gasteiger partial charge in [0.15, 0.2) is 0 Å². The van der Waals surface area contributed by atoms with E-state index in [-0.39, 0.29) is 10.0 Å². The van der Waals surface area contributed by atoms with Crippen LogP contribution in [0.3, 0.4) is 0 Å². The zero-order chi connectivity index (χ0) is 21.1. The molecule has 1 aliphatic heterocycles.